The third-order valence-corrected chi connectivity index (χ3v) is 7.20. The summed E-state index contributed by atoms with van der Waals surface area (Å²) in [5.41, 5.74) is 5.99. The summed E-state index contributed by atoms with van der Waals surface area (Å²) in [7, 11) is -2.61. The van der Waals surface area contributed by atoms with E-state index in [1.54, 1.807) is 0 Å². The molecule has 42 heavy (non-hydrogen) atoms. The Labute approximate surface area is 248 Å². The Morgan fingerprint density at radius 1 is 0.690 bits per heavy atom. The maximum absolute atomic E-state index is 14.2. The van der Waals surface area contributed by atoms with E-state index in [2.05, 4.69) is 33.6 Å². The van der Waals surface area contributed by atoms with Crippen molar-refractivity contribution < 1.29 is 26.6 Å². The molecule has 0 spiro atoms. The van der Waals surface area contributed by atoms with Crippen molar-refractivity contribution in [2.24, 2.45) is 5.16 Å². The third kappa shape index (κ3) is 10.2. The van der Waals surface area contributed by atoms with Gasteiger partial charge in [-0.05, 0) is 52.6 Å². The van der Waals surface area contributed by atoms with Gasteiger partial charge in [0, 0.05) is 0 Å². The van der Waals surface area contributed by atoms with Gasteiger partial charge in [0.25, 0.3) is 11.0 Å². The normalized spacial score (nSPS) is 12.2. The van der Waals surface area contributed by atoms with Gasteiger partial charge < -0.3 is 5.21 Å². The molecule has 4 aromatic rings. The number of oxime groups is 1. The second-order valence-electron chi connectivity index (χ2n) is 9.80. The first-order valence-corrected chi connectivity index (χ1v) is 14.9. The first-order valence-electron chi connectivity index (χ1n) is 13.9. The Balaban J connectivity index is 0.000000616. The number of halogens is 2. The minimum atomic E-state index is -2.61. The van der Waals surface area contributed by atoms with Gasteiger partial charge in [-0.25, -0.2) is 8.42 Å². The summed E-state index contributed by atoms with van der Waals surface area (Å²) in [5, 5.41) is 13.2. The zero-order valence-corrected chi connectivity index (χ0v) is 24.5. The number of thiol groups is 1. The van der Waals surface area contributed by atoms with E-state index in [-0.39, 0.29) is 5.71 Å². The SMILES string of the molecule is CCCO[SH](=O)=O.ON=C(C(CF)c1ccc(Cc2ccccc2)cc1)C(CF)c1ccc(Cc2ccccc2)cc1. The number of hydrogen-bond donors (Lipinski definition) is 2. The fraction of sp³-hybridized carbons (Fsp3) is 0.265. The van der Waals surface area contributed by atoms with Gasteiger partial charge in [-0.15, -0.1) is 0 Å². The van der Waals surface area contributed by atoms with Crippen molar-refractivity contribution in [1.82, 2.24) is 0 Å². The molecule has 0 fully saturated rings. The molecule has 0 saturated heterocycles. The number of benzene rings is 4. The van der Waals surface area contributed by atoms with E-state index < -0.39 is 36.2 Å². The molecule has 0 amide bonds. The zero-order valence-electron chi connectivity index (χ0n) is 23.6. The van der Waals surface area contributed by atoms with Crippen LogP contribution in [-0.2, 0) is 28.0 Å². The molecule has 0 heterocycles. The van der Waals surface area contributed by atoms with Crippen molar-refractivity contribution in [3.05, 3.63) is 143 Å². The predicted molar refractivity (Wildman–Crippen MR) is 165 cm³/mol. The molecule has 8 heteroatoms. The molecule has 0 bridgehead atoms. The monoisotopic (exact) mass is 593 g/mol. The van der Waals surface area contributed by atoms with Gasteiger partial charge in [-0.1, -0.05) is 121 Å². The Morgan fingerprint density at radius 2 is 1.07 bits per heavy atom. The predicted octanol–water partition coefficient (Wildman–Crippen LogP) is 7.44. The van der Waals surface area contributed by atoms with Crippen LogP contribution < -0.4 is 0 Å². The lowest BCUT2D eigenvalue weighted by atomic mass is 9.83. The second-order valence-corrected chi connectivity index (χ2v) is 10.5. The minimum absolute atomic E-state index is 0.0987. The molecular formula is C34H37F2NO4S. The van der Waals surface area contributed by atoms with Crippen molar-refractivity contribution in [3.8, 4) is 0 Å². The van der Waals surface area contributed by atoms with Crippen molar-refractivity contribution >= 4 is 16.7 Å². The van der Waals surface area contributed by atoms with E-state index in [1.165, 1.54) is 11.1 Å². The molecule has 0 radical (unpaired) electrons. The first-order chi connectivity index (χ1) is 20.5. The lowest BCUT2D eigenvalue weighted by molar-refractivity contribution is 0.309. The molecule has 0 aliphatic heterocycles. The van der Waals surface area contributed by atoms with E-state index in [0.29, 0.717) is 17.7 Å². The summed E-state index contributed by atoms with van der Waals surface area (Å²) in [6, 6.07) is 35.3. The third-order valence-electron chi connectivity index (χ3n) is 6.81. The summed E-state index contributed by atoms with van der Waals surface area (Å²) in [4.78, 5) is 0. The molecule has 4 aromatic carbocycles. The molecule has 0 saturated carbocycles. The lowest BCUT2D eigenvalue weighted by Crippen LogP contribution is -2.24. The Morgan fingerprint density at radius 3 is 1.36 bits per heavy atom. The van der Waals surface area contributed by atoms with Crippen LogP contribution in [-0.4, -0.2) is 39.3 Å². The van der Waals surface area contributed by atoms with Crippen molar-refractivity contribution in [1.29, 1.82) is 0 Å². The molecule has 1 N–H and O–H groups in total. The highest BCUT2D eigenvalue weighted by atomic mass is 32.2. The topological polar surface area (TPSA) is 76.0 Å². The van der Waals surface area contributed by atoms with E-state index in [1.807, 2.05) is 91.9 Å². The largest absolute Gasteiger partial charge is 0.411 e. The highest BCUT2D eigenvalue weighted by molar-refractivity contribution is 7.67. The van der Waals surface area contributed by atoms with Gasteiger partial charge in [-0.3, -0.25) is 13.0 Å². The molecule has 4 rings (SSSR count). The highest BCUT2D eigenvalue weighted by Gasteiger charge is 2.28. The van der Waals surface area contributed by atoms with Crippen LogP contribution in [0.5, 0.6) is 0 Å². The molecule has 2 unspecified atom stereocenters. The molecule has 0 aliphatic carbocycles. The minimum Gasteiger partial charge on any atom is -0.411 e. The highest BCUT2D eigenvalue weighted by Crippen LogP contribution is 2.30. The molecule has 0 aromatic heterocycles. The zero-order chi connectivity index (χ0) is 30.2. The molecule has 2 atom stereocenters. The van der Waals surface area contributed by atoms with Crippen LogP contribution in [0.3, 0.4) is 0 Å². The summed E-state index contributed by atoms with van der Waals surface area (Å²) in [6.45, 7) is 0.595. The molecule has 222 valence electrons. The van der Waals surface area contributed by atoms with Gasteiger partial charge in [-0.2, -0.15) is 0 Å². The van der Waals surface area contributed by atoms with Crippen molar-refractivity contribution in [2.75, 3.05) is 20.0 Å². The van der Waals surface area contributed by atoms with Gasteiger partial charge in [0.2, 0.25) is 0 Å². The quantitative estimate of drug-likeness (QED) is 0.0731. The van der Waals surface area contributed by atoms with Gasteiger partial charge in [0.15, 0.2) is 0 Å². The summed E-state index contributed by atoms with van der Waals surface area (Å²) in [6.07, 6.45) is 2.28. The van der Waals surface area contributed by atoms with Crippen LogP contribution in [0.1, 0.15) is 58.6 Å². The molecule has 5 nitrogen and oxygen atoms in total. The summed E-state index contributed by atoms with van der Waals surface area (Å²) >= 11 is 0. The van der Waals surface area contributed by atoms with Crippen molar-refractivity contribution in [3.63, 3.8) is 0 Å². The fourth-order valence-corrected chi connectivity index (χ4v) is 4.96. The van der Waals surface area contributed by atoms with Gasteiger partial charge >= 0.3 is 0 Å². The van der Waals surface area contributed by atoms with Crippen LogP contribution in [0.15, 0.2) is 114 Å². The van der Waals surface area contributed by atoms with Crippen LogP contribution in [0.2, 0.25) is 0 Å². The van der Waals surface area contributed by atoms with E-state index in [9.17, 15) is 22.4 Å². The average molecular weight is 594 g/mol. The van der Waals surface area contributed by atoms with Crippen molar-refractivity contribution in [2.45, 2.75) is 38.0 Å². The number of rotatable bonds is 13. The van der Waals surface area contributed by atoms with E-state index >= 15 is 0 Å². The smallest absolute Gasteiger partial charge is 0.257 e. The number of alkyl halides is 2. The van der Waals surface area contributed by atoms with Gasteiger partial charge in [0.05, 0.1) is 24.2 Å². The van der Waals surface area contributed by atoms with Crippen LogP contribution >= 0.6 is 0 Å². The van der Waals surface area contributed by atoms with E-state index in [4.69, 9.17) is 0 Å². The Kier molecular flexibility index (Phi) is 13.9. The molecule has 0 aliphatic rings. The first kappa shape index (κ1) is 32.6. The summed E-state index contributed by atoms with van der Waals surface area (Å²) in [5.74, 6) is -1.65. The van der Waals surface area contributed by atoms with Crippen LogP contribution in [0.4, 0.5) is 8.78 Å². The van der Waals surface area contributed by atoms with Crippen LogP contribution in [0.25, 0.3) is 0 Å². The van der Waals surface area contributed by atoms with E-state index in [0.717, 1.165) is 30.4 Å². The maximum atomic E-state index is 14.2. The second kappa shape index (κ2) is 17.8. The Hall–Kier alpha value is -3.88. The summed E-state index contributed by atoms with van der Waals surface area (Å²) < 4.78 is 51.8. The Bertz CT molecular complexity index is 1330. The number of nitrogens with zero attached hydrogens (tertiary/aromatic N) is 1. The molecular weight excluding hydrogens is 556 g/mol. The lowest BCUT2D eigenvalue weighted by Gasteiger charge is -2.22. The standard InChI is InChI=1S/C31H29F2NO.C3H8O3S/c32-21-29(27-15-11-25(12-16-27)19-23-7-3-1-4-8-23)31(34-35)30(22-33)28-17-13-26(14-18-28)20-24-9-5-2-6-10-24;1-2-3-6-7(4)5/h1-18,29-30,35H,19-22H2;7H,2-3H2,1H3. The average Bonchev–Trinajstić information content (AvgIpc) is 3.02. The fourth-order valence-electron chi connectivity index (χ4n) is 4.62. The number of hydrogen-bond acceptors (Lipinski definition) is 5. The van der Waals surface area contributed by atoms with Crippen LogP contribution in [0, 0.1) is 0 Å². The maximum Gasteiger partial charge on any atom is 0.257 e. The van der Waals surface area contributed by atoms with Gasteiger partial charge in [0.1, 0.15) is 13.3 Å².